The van der Waals surface area contributed by atoms with Gasteiger partial charge in [-0.2, -0.15) is 0 Å². The van der Waals surface area contributed by atoms with Gasteiger partial charge in [-0.25, -0.2) is 4.79 Å². The van der Waals surface area contributed by atoms with E-state index in [-0.39, 0.29) is 17.6 Å². The standard InChI is InChI=1S/C7H12N4O2/c1-4(2-8)10-6(12)5-3-9-7(13)11-5/h3-4H,2,8H2,1H3,(H,10,12)(H2,9,11,13)/t4-/m1/s1. The molecule has 0 aliphatic carbocycles. The number of carbonyl (C=O) groups excluding carboxylic acids is 1. The van der Waals surface area contributed by atoms with Crippen LogP contribution in [-0.4, -0.2) is 28.5 Å². The summed E-state index contributed by atoms with van der Waals surface area (Å²) in [4.78, 5) is 26.6. The maximum absolute atomic E-state index is 11.3. The Bertz CT molecular complexity index is 340. The minimum atomic E-state index is -0.398. The van der Waals surface area contributed by atoms with Crippen molar-refractivity contribution in [3.05, 3.63) is 22.4 Å². The molecule has 0 saturated heterocycles. The van der Waals surface area contributed by atoms with Crippen molar-refractivity contribution in [2.45, 2.75) is 13.0 Å². The Hall–Kier alpha value is -1.56. The van der Waals surface area contributed by atoms with E-state index in [0.29, 0.717) is 6.54 Å². The highest BCUT2D eigenvalue weighted by Gasteiger charge is 2.09. The van der Waals surface area contributed by atoms with Crippen molar-refractivity contribution >= 4 is 5.91 Å². The van der Waals surface area contributed by atoms with Crippen LogP contribution in [0.25, 0.3) is 0 Å². The Morgan fingerprint density at radius 1 is 1.77 bits per heavy atom. The minimum absolute atomic E-state index is 0.106. The predicted octanol–water partition coefficient (Wildman–Crippen LogP) is -1.22. The largest absolute Gasteiger partial charge is 0.347 e. The lowest BCUT2D eigenvalue weighted by atomic mass is 10.3. The van der Waals surface area contributed by atoms with Gasteiger partial charge < -0.3 is 21.0 Å². The van der Waals surface area contributed by atoms with E-state index in [4.69, 9.17) is 5.73 Å². The summed E-state index contributed by atoms with van der Waals surface area (Å²) in [6.07, 6.45) is 1.32. The number of carbonyl (C=O) groups is 1. The predicted molar refractivity (Wildman–Crippen MR) is 47.4 cm³/mol. The van der Waals surface area contributed by atoms with Gasteiger partial charge >= 0.3 is 5.69 Å². The fourth-order valence-electron chi connectivity index (χ4n) is 0.815. The van der Waals surface area contributed by atoms with Crippen LogP contribution in [0.5, 0.6) is 0 Å². The van der Waals surface area contributed by atoms with Gasteiger partial charge in [-0.15, -0.1) is 0 Å². The Balaban J connectivity index is 2.64. The zero-order valence-electron chi connectivity index (χ0n) is 7.26. The van der Waals surface area contributed by atoms with Crippen molar-refractivity contribution in [1.82, 2.24) is 15.3 Å². The van der Waals surface area contributed by atoms with Gasteiger partial charge in [0, 0.05) is 18.8 Å². The normalized spacial score (nSPS) is 12.5. The second-order valence-corrected chi connectivity index (χ2v) is 2.77. The maximum atomic E-state index is 11.3. The number of aromatic nitrogens is 2. The molecule has 5 N–H and O–H groups in total. The van der Waals surface area contributed by atoms with Gasteiger partial charge in [0.15, 0.2) is 0 Å². The van der Waals surface area contributed by atoms with Gasteiger partial charge in [0.2, 0.25) is 0 Å². The fourth-order valence-corrected chi connectivity index (χ4v) is 0.815. The Morgan fingerprint density at radius 2 is 2.46 bits per heavy atom. The van der Waals surface area contributed by atoms with Crippen LogP contribution >= 0.6 is 0 Å². The molecule has 0 unspecified atom stereocenters. The lowest BCUT2D eigenvalue weighted by Gasteiger charge is -2.09. The van der Waals surface area contributed by atoms with Gasteiger partial charge in [0.1, 0.15) is 5.69 Å². The molecule has 6 heteroatoms. The van der Waals surface area contributed by atoms with Crippen LogP contribution in [0.15, 0.2) is 11.0 Å². The summed E-state index contributed by atoms with van der Waals surface area (Å²) in [6.45, 7) is 2.14. The molecule has 1 amide bonds. The van der Waals surface area contributed by atoms with Crippen LogP contribution in [0, 0.1) is 0 Å². The highest BCUT2D eigenvalue weighted by atomic mass is 16.2. The van der Waals surface area contributed by atoms with Crippen LogP contribution in [0.4, 0.5) is 0 Å². The molecule has 72 valence electrons. The Kier molecular flexibility index (Phi) is 2.86. The monoisotopic (exact) mass is 184 g/mol. The summed E-state index contributed by atoms with van der Waals surface area (Å²) in [6, 6.07) is -0.106. The molecule has 0 aliphatic rings. The average Bonchev–Trinajstić information content (AvgIpc) is 2.51. The number of rotatable bonds is 3. The minimum Gasteiger partial charge on any atom is -0.347 e. The van der Waals surface area contributed by atoms with Crippen molar-refractivity contribution in [3.63, 3.8) is 0 Å². The second-order valence-electron chi connectivity index (χ2n) is 2.77. The molecule has 6 nitrogen and oxygen atoms in total. The van der Waals surface area contributed by atoms with Crippen LogP contribution in [0.3, 0.4) is 0 Å². The van der Waals surface area contributed by atoms with Crippen molar-refractivity contribution in [2.75, 3.05) is 6.54 Å². The summed E-state index contributed by atoms with van der Waals surface area (Å²) >= 11 is 0. The summed E-state index contributed by atoms with van der Waals surface area (Å²) in [7, 11) is 0. The first-order chi connectivity index (χ1) is 6.13. The Labute approximate surface area is 74.5 Å². The van der Waals surface area contributed by atoms with Gasteiger partial charge in [-0.3, -0.25) is 4.79 Å². The number of H-pyrrole nitrogens is 2. The van der Waals surface area contributed by atoms with Crippen LogP contribution in [-0.2, 0) is 0 Å². The lowest BCUT2D eigenvalue weighted by Crippen LogP contribution is -2.38. The highest BCUT2D eigenvalue weighted by molar-refractivity contribution is 5.92. The first kappa shape index (κ1) is 9.53. The smallest absolute Gasteiger partial charge is 0.323 e. The third kappa shape index (κ3) is 2.45. The number of nitrogens with two attached hydrogens (primary N) is 1. The number of imidazole rings is 1. The number of amides is 1. The summed E-state index contributed by atoms with van der Waals surface area (Å²) in [5, 5.41) is 2.61. The van der Waals surface area contributed by atoms with Crippen LogP contribution in [0.1, 0.15) is 17.4 Å². The first-order valence-electron chi connectivity index (χ1n) is 3.92. The molecule has 1 rings (SSSR count). The molecular formula is C7H12N4O2. The molecule has 0 fully saturated rings. The summed E-state index contributed by atoms with van der Waals surface area (Å²) in [5.74, 6) is -0.337. The van der Waals surface area contributed by atoms with E-state index in [1.165, 1.54) is 6.20 Å². The molecule has 0 radical (unpaired) electrons. The number of aromatic amines is 2. The molecule has 1 heterocycles. The van der Waals surface area contributed by atoms with E-state index in [0.717, 1.165) is 0 Å². The maximum Gasteiger partial charge on any atom is 0.323 e. The van der Waals surface area contributed by atoms with Crippen molar-refractivity contribution in [3.8, 4) is 0 Å². The van der Waals surface area contributed by atoms with E-state index in [1.807, 2.05) is 0 Å². The zero-order chi connectivity index (χ0) is 9.84. The van der Waals surface area contributed by atoms with E-state index in [2.05, 4.69) is 15.3 Å². The SMILES string of the molecule is C[C@H](CN)NC(=O)c1c[nH]c(=O)[nH]1. The van der Waals surface area contributed by atoms with Gasteiger partial charge in [0.25, 0.3) is 5.91 Å². The van der Waals surface area contributed by atoms with Crippen molar-refractivity contribution in [2.24, 2.45) is 5.73 Å². The molecule has 0 bridgehead atoms. The zero-order valence-corrected chi connectivity index (χ0v) is 7.26. The molecule has 13 heavy (non-hydrogen) atoms. The molecule has 1 atom stereocenters. The number of nitrogens with one attached hydrogen (secondary N) is 3. The van der Waals surface area contributed by atoms with E-state index < -0.39 is 5.69 Å². The van der Waals surface area contributed by atoms with Crippen molar-refractivity contribution in [1.29, 1.82) is 0 Å². The van der Waals surface area contributed by atoms with Gasteiger partial charge in [-0.1, -0.05) is 0 Å². The van der Waals surface area contributed by atoms with Crippen LogP contribution < -0.4 is 16.7 Å². The molecule has 1 aromatic rings. The molecule has 1 aromatic heterocycles. The average molecular weight is 184 g/mol. The molecule has 0 aliphatic heterocycles. The van der Waals surface area contributed by atoms with E-state index in [9.17, 15) is 9.59 Å². The third-order valence-corrected chi connectivity index (χ3v) is 1.57. The summed E-state index contributed by atoms with van der Waals surface area (Å²) in [5.41, 5.74) is 5.12. The highest BCUT2D eigenvalue weighted by Crippen LogP contribution is 1.88. The third-order valence-electron chi connectivity index (χ3n) is 1.57. The summed E-state index contributed by atoms with van der Waals surface area (Å²) < 4.78 is 0. The number of hydrogen-bond acceptors (Lipinski definition) is 3. The topological polar surface area (TPSA) is 104 Å². The molecule has 0 saturated carbocycles. The Morgan fingerprint density at radius 3 is 2.92 bits per heavy atom. The van der Waals surface area contributed by atoms with E-state index in [1.54, 1.807) is 6.92 Å². The van der Waals surface area contributed by atoms with Gasteiger partial charge in [0.05, 0.1) is 0 Å². The van der Waals surface area contributed by atoms with Crippen molar-refractivity contribution < 1.29 is 4.79 Å². The number of hydrogen-bond donors (Lipinski definition) is 4. The quantitative estimate of drug-likeness (QED) is 0.473. The lowest BCUT2D eigenvalue weighted by molar-refractivity contribution is 0.0936. The van der Waals surface area contributed by atoms with Gasteiger partial charge in [-0.05, 0) is 6.92 Å². The first-order valence-corrected chi connectivity index (χ1v) is 3.92. The van der Waals surface area contributed by atoms with E-state index >= 15 is 0 Å². The molecule has 0 aromatic carbocycles. The fraction of sp³-hybridized carbons (Fsp3) is 0.429. The second kappa shape index (κ2) is 3.90. The molecule has 0 spiro atoms. The van der Waals surface area contributed by atoms with Crippen LogP contribution in [0.2, 0.25) is 0 Å². The molecular weight excluding hydrogens is 172 g/mol.